The molecule has 7 heteroatoms. The number of nitrogens with zero attached hydrogens (tertiary/aromatic N) is 1. The number of carbonyl (C=O) groups is 1. The van der Waals surface area contributed by atoms with Gasteiger partial charge in [0.1, 0.15) is 0 Å². The summed E-state index contributed by atoms with van der Waals surface area (Å²) in [5.74, 6) is -0.112. The summed E-state index contributed by atoms with van der Waals surface area (Å²) in [5.41, 5.74) is 4.07. The molecule has 2 aromatic rings. The SMILES string of the molecule is Cc1ccc(C)c(N(C)CC(=O)NCc2ccc(S(N)(=O)=O)cc2)c1. The summed E-state index contributed by atoms with van der Waals surface area (Å²) in [6, 6.07) is 12.2. The lowest BCUT2D eigenvalue weighted by Gasteiger charge is -2.21. The fourth-order valence-corrected chi connectivity index (χ4v) is 3.00. The summed E-state index contributed by atoms with van der Waals surface area (Å²) in [4.78, 5) is 14.1. The Morgan fingerprint density at radius 3 is 2.36 bits per heavy atom. The summed E-state index contributed by atoms with van der Waals surface area (Å²) < 4.78 is 22.4. The van der Waals surface area contributed by atoms with Crippen LogP contribution in [0.5, 0.6) is 0 Å². The third-order valence-corrected chi connectivity index (χ3v) is 4.83. The first kappa shape index (κ1) is 19.0. The van der Waals surface area contributed by atoms with Crippen molar-refractivity contribution in [1.82, 2.24) is 5.32 Å². The Labute approximate surface area is 148 Å². The summed E-state index contributed by atoms with van der Waals surface area (Å²) in [6.45, 7) is 4.59. The molecule has 0 heterocycles. The van der Waals surface area contributed by atoms with Gasteiger partial charge in [-0.3, -0.25) is 4.79 Å². The zero-order valence-corrected chi connectivity index (χ0v) is 15.4. The van der Waals surface area contributed by atoms with Gasteiger partial charge in [0, 0.05) is 19.3 Å². The Balaban J connectivity index is 1.93. The van der Waals surface area contributed by atoms with E-state index in [0.29, 0.717) is 6.54 Å². The second-order valence-corrected chi connectivity index (χ2v) is 7.67. The van der Waals surface area contributed by atoms with E-state index in [4.69, 9.17) is 5.14 Å². The van der Waals surface area contributed by atoms with Gasteiger partial charge in [-0.1, -0.05) is 24.3 Å². The van der Waals surface area contributed by atoms with Crippen LogP contribution in [0.25, 0.3) is 0 Å². The number of nitrogens with one attached hydrogen (secondary N) is 1. The van der Waals surface area contributed by atoms with Crippen LogP contribution in [0.3, 0.4) is 0 Å². The van der Waals surface area contributed by atoms with E-state index in [1.54, 1.807) is 12.1 Å². The van der Waals surface area contributed by atoms with Crippen molar-refractivity contribution in [3.05, 3.63) is 59.2 Å². The molecule has 0 aliphatic heterocycles. The summed E-state index contributed by atoms with van der Waals surface area (Å²) in [7, 11) is -1.82. The monoisotopic (exact) mass is 361 g/mol. The highest BCUT2D eigenvalue weighted by molar-refractivity contribution is 7.89. The number of primary sulfonamides is 1. The standard InChI is InChI=1S/C18H23N3O3S/c1-13-4-5-14(2)17(10-13)21(3)12-18(22)20-11-15-6-8-16(9-7-15)25(19,23)24/h4-10H,11-12H2,1-3H3,(H,20,22)(H2,19,23,24). The van der Waals surface area contributed by atoms with Crippen LogP contribution in [0, 0.1) is 13.8 Å². The molecule has 0 spiro atoms. The number of aryl methyl sites for hydroxylation is 2. The maximum Gasteiger partial charge on any atom is 0.239 e. The summed E-state index contributed by atoms with van der Waals surface area (Å²) >= 11 is 0. The Morgan fingerprint density at radius 1 is 1.12 bits per heavy atom. The number of hydrogen-bond acceptors (Lipinski definition) is 4. The maximum atomic E-state index is 12.2. The topological polar surface area (TPSA) is 92.5 Å². The van der Waals surface area contributed by atoms with Gasteiger partial charge in [-0.25, -0.2) is 13.6 Å². The van der Waals surface area contributed by atoms with Crippen LogP contribution in [-0.2, 0) is 21.4 Å². The van der Waals surface area contributed by atoms with E-state index in [1.165, 1.54) is 12.1 Å². The molecule has 6 nitrogen and oxygen atoms in total. The van der Waals surface area contributed by atoms with Crippen LogP contribution in [0.4, 0.5) is 5.69 Å². The first-order chi connectivity index (χ1) is 11.7. The van der Waals surface area contributed by atoms with E-state index in [0.717, 1.165) is 22.4 Å². The van der Waals surface area contributed by atoms with E-state index in [1.807, 2.05) is 37.9 Å². The minimum Gasteiger partial charge on any atom is -0.365 e. The highest BCUT2D eigenvalue weighted by Gasteiger charge is 2.10. The number of benzene rings is 2. The number of carbonyl (C=O) groups excluding carboxylic acids is 1. The van der Waals surface area contributed by atoms with E-state index in [9.17, 15) is 13.2 Å². The van der Waals surface area contributed by atoms with Crippen LogP contribution in [-0.4, -0.2) is 27.9 Å². The van der Waals surface area contributed by atoms with Crippen LogP contribution in [0.1, 0.15) is 16.7 Å². The molecule has 0 aromatic heterocycles. The van der Waals surface area contributed by atoms with Crippen LogP contribution < -0.4 is 15.4 Å². The highest BCUT2D eigenvalue weighted by atomic mass is 32.2. The molecule has 0 radical (unpaired) electrons. The molecule has 0 fully saturated rings. The Morgan fingerprint density at radius 2 is 1.76 bits per heavy atom. The van der Waals surface area contributed by atoms with E-state index >= 15 is 0 Å². The summed E-state index contributed by atoms with van der Waals surface area (Å²) in [6.07, 6.45) is 0. The van der Waals surface area contributed by atoms with Gasteiger partial charge in [-0.15, -0.1) is 0 Å². The zero-order chi connectivity index (χ0) is 18.6. The Hall–Kier alpha value is -2.38. The van der Waals surface area contributed by atoms with Gasteiger partial charge in [0.05, 0.1) is 11.4 Å². The predicted molar refractivity (Wildman–Crippen MR) is 98.8 cm³/mol. The third-order valence-electron chi connectivity index (χ3n) is 3.90. The largest absolute Gasteiger partial charge is 0.365 e. The number of amides is 1. The molecule has 134 valence electrons. The number of sulfonamides is 1. The smallest absolute Gasteiger partial charge is 0.239 e. The van der Waals surface area contributed by atoms with Crippen molar-refractivity contribution >= 4 is 21.6 Å². The molecule has 2 rings (SSSR count). The minimum absolute atomic E-state index is 0.0530. The number of rotatable bonds is 6. The minimum atomic E-state index is -3.70. The van der Waals surface area contributed by atoms with Gasteiger partial charge >= 0.3 is 0 Å². The van der Waals surface area contributed by atoms with Crippen molar-refractivity contribution < 1.29 is 13.2 Å². The quantitative estimate of drug-likeness (QED) is 0.819. The molecule has 0 aliphatic carbocycles. The summed E-state index contributed by atoms with van der Waals surface area (Å²) in [5, 5.41) is 7.89. The molecule has 1 amide bonds. The Bertz CT molecular complexity index is 862. The first-order valence-corrected chi connectivity index (χ1v) is 9.38. The lowest BCUT2D eigenvalue weighted by atomic mass is 10.1. The third kappa shape index (κ3) is 5.30. The van der Waals surface area contributed by atoms with Crippen molar-refractivity contribution in [2.45, 2.75) is 25.3 Å². The van der Waals surface area contributed by atoms with Gasteiger partial charge in [-0.2, -0.15) is 0 Å². The number of anilines is 1. The van der Waals surface area contributed by atoms with Gasteiger partial charge in [0.2, 0.25) is 15.9 Å². The fraction of sp³-hybridized carbons (Fsp3) is 0.278. The molecule has 2 aromatic carbocycles. The number of likely N-dealkylation sites (N-methyl/N-ethyl adjacent to an activating group) is 1. The van der Waals surface area contributed by atoms with E-state index in [2.05, 4.69) is 11.4 Å². The van der Waals surface area contributed by atoms with Gasteiger partial charge in [0.15, 0.2) is 0 Å². The van der Waals surface area contributed by atoms with Crippen molar-refractivity contribution in [2.75, 3.05) is 18.5 Å². The van der Waals surface area contributed by atoms with Crippen LogP contribution in [0.2, 0.25) is 0 Å². The average molecular weight is 361 g/mol. The second kappa shape index (κ2) is 7.67. The predicted octanol–water partition coefficient (Wildman–Crippen LogP) is 1.70. The van der Waals surface area contributed by atoms with E-state index in [-0.39, 0.29) is 17.3 Å². The molecular formula is C18H23N3O3S. The lowest BCUT2D eigenvalue weighted by Crippen LogP contribution is -2.35. The first-order valence-electron chi connectivity index (χ1n) is 7.83. The van der Waals surface area contributed by atoms with Gasteiger partial charge in [0.25, 0.3) is 0 Å². The molecule has 0 atom stereocenters. The van der Waals surface area contributed by atoms with Crippen molar-refractivity contribution in [1.29, 1.82) is 0 Å². The van der Waals surface area contributed by atoms with Crippen molar-refractivity contribution in [3.63, 3.8) is 0 Å². The molecule has 0 saturated heterocycles. The Kier molecular flexibility index (Phi) is 5.81. The van der Waals surface area contributed by atoms with Crippen molar-refractivity contribution in [2.24, 2.45) is 5.14 Å². The molecule has 0 saturated carbocycles. The lowest BCUT2D eigenvalue weighted by molar-refractivity contribution is -0.119. The number of nitrogens with two attached hydrogens (primary N) is 1. The second-order valence-electron chi connectivity index (χ2n) is 6.11. The molecule has 3 N–H and O–H groups in total. The van der Waals surface area contributed by atoms with Crippen molar-refractivity contribution in [3.8, 4) is 0 Å². The van der Waals surface area contributed by atoms with Gasteiger partial charge < -0.3 is 10.2 Å². The molecular weight excluding hydrogens is 338 g/mol. The molecule has 0 aliphatic rings. The van der Waals surface area contributed by atoms with Crippen LogP contribution >= 0.6 is 0 Å². The number of hydrogen-bond donors (Lipinski definition) is 2. The normalized spacial score (nSPS) is 11.2. The fourth-order valence-electron chi connectivity index (χ4n) is 2.48. The molecule has 25 heavy (non-hydrogen) atoms. The molecule has 0 bridgehead atoms. The zero-order valence-electron chi connectivity index (χ0n) is 14.6. The maximum absolute atomic E-state index is 12.2. The van der Waals surface area contributed by atoms with E-state index < -0.39 is 10.0 Å². The van der Waals surface area contributed by atoms with Gasteiger partial charge in [-0.05, 0) is 48.7 Å². The molecule has 0 unspecified atom stereocenters. The highest BCUT2D eigenvalue weighted by Crippen LogP contribution is 2.19. The average Bonchev–Trinajstić information content (AvgIpc) is 2.54. The van der Waals surface area contributed by atoms with Crippen LogP contribution in [0.15, 0.2) is 47.4 Å².